The summed E-state index contributed by atoms with van der Waals surface area (Å²) in [4.78, 5) is 0. The Balaban J connectivity index is 2.00. The Hall–Kier alpha value is -3.06. The Morgan fingerprint density at radius 1 is 0.435 bits per heavy atom. The van der Waals surface area contributed by atoms with E-state index in [1.807, 2.05) is 12.1 Å². The monoisotopic (exact) mass is 294 g/mol. The molecule has 0 N–H and O–H groups in total. The maximum Gasteiger partial charge on any atom is 0.135 e. The predicted molar refractivity (Wildman–Crippen MR) is 94.9 cm³/mol. The highest BCUT2D eigenvalue weighted by molar-refractivity contribution is 6.05. The molecule has 23 heavy (non-hydrogen) atoms. The smallest absolute Gasteiger partial charge is 0.135 e. The molecule has 1 aliphatic rings. The van der Waals surface area contributed by atoms with Gasteiger partial charge in [0.05, 0.1) is 0 Å². The first-order valence-corrected chi connectivity index (χ1v) is 7.80. The van der Waals surface area contributed by atoms with Gasteiger partial charge < -0.3 is 4.74 Å². The number of rotatable bonds is 0. The van der Waals surface area contributed by atoms with Gasteiger partial charge in [-0.05, 0) is 34.2 Å². The van der Waals surface area contributed by atoms with Crippen LogP contribution in [0.1, 0.15) is 0 Å². The van der Waals surface area contributed by atoms with Gasteiger partial charge >= 0.3 is 0 Å². The van der Waals surface area contributed by atoms with E-state index in [1.165, 1.54) is 27.5 Å². The second-order valence-corrected chi connectivity index (χ2v) is 5.80. The molecule has 0 saturated carbocycles. The van der Waals surface area contributed by atoms with Gasteiger partial charge in [0, 0.05) is 10.9 Å². The van der Waals surface area contributed by atoms with E-state index in [1.54, 1.807) is 0 Å². The third kappa shape index (κ3) is 1.80. The van der Waals surface area contributed by atoms with E-state index in [9.17, 15) is 0 Å². The number of hydrogen-bond donors (Lipinski definition) is 0. The summed E-state index contributed by atoms with van der Waals surface area (Å²) in [6, 6.07) is 29.5. The lowest BCUT2D eigenvalue weighted by Crippen LogP contribution is -1.96. The van der Waals surface area contributed by atoms with E-state index in [2.05, 4.69) is 72.8 Å². The van der Waals surface area contributed by atoms with Crippen LogP contribution in [0.25, 0.3) is 33.0 Å². The number of ether oxygens (including phenoxy) is 1. The van der Waals surface area contributed by atoms with E-state index in [-0.39, 0.29) is 0 Å². The van der Waals surface area contributed by atoms with Crippen molar-refractivity contribution in [3.8, 4) is 33.8 Å². The molecule has 0 aliphatic carbocycles. The zero-order chi connectivity index (χ0) is 15.2. The minimum atomic E-state index is 0.905. The van der Waals surface area contributed by atoms with Crippen molar-refractivity contribution in [2.45, 2.75) is 0 Å². The van der Waals surface area contributed by atoms with Gasteiger partial charge in [0.15, 0.2) is 0 Å². The molecule has 0 unspecified atom stereocenters. The van der Waals surface area contributed by atoms with Gasteiger partial charge in [-0.3, -0.25) is 0 Å². The maximum atomic E-state index is 6.31. The molecule has 4 aromatic carbocycles. The molecule has 0 atom stereocenters. The number of fused-ring (bicyclic) bond motifs is 4. The molecule has 0 saturated heterocycles. The Morgan fingerprint density at radius 3 is 1.83 bits per heavy atom. The van der Waals surface area contributed by atoms with Crippen LogP contribution in [-0.4, -0.2) is 0 Å². The fourth-order valence-electron chi connectivity index (χ4n) is 3.47. The van der Waals surface area contributed by atoms with Crippen molar-refractivity contribution in [2.24, 2.45) is 0 Å². The minimum Gasteiger partial charge on any atom is -0.456 e. The third-order valence-corrected chi connectivity index (χ3v) is 4.48. The van der Waals surface area contributed by atoms with E-state index >= 15 is 0 Å². The Morgan fingerprint density at radius 2 is 1.00 bits per heavy atom. The zero-order valence-electron chi connectivity index (χ0n) is 12.5. The van der Waals surface area contributed by atoms with E-state index < -0.39 is 0 Å². The Labute approximate surface area is 134 Å². The molecule has 1 heterocycles. The van der Waals surface area contributed by atoms with Crippen molar-refractivity contribution in [1.82, 2.24) is 0 Å². The van der Waals surface area contributed by atoms with Crippen LogP contribution in [0.15, 0.2) is 84.9 Å². The summed E-state index contributed by atoms with van der Waals surface area (Å²) >= 11 is 0. The van der Waals surface area contributed by atoms with Crippen molar-refractivity contribution in [3.63, 3.8) is 0 Å². The molecule has 0 radical (unpaired) electrons. The molecule has 5 rings (SSSR count). The van der Waals surface area contributed by atoms with Crippen molar-refractivity contribution in [2.75, 3.05) is 0 Å². The van der Waals surface area contributed by atoms with Crippen LogP contribution in [0.2, 0.25) is 0 Å². The summed E-state index contributed by atoms with van der Waals surface area (Å²) in [5, 5.41) is 2.38. The summed E-state index contributed by atoms with van der Waals surface area (Å²) in [5.41, 5.74) is 4.82. The first-order chi connectivity index (χ1) is 11.4. The average Bonchev–Trinajstić information content (AvgIpc) is 2.61. The molecule has 0 bridgehead atoms. The van der Waals surface area contributed by atoms with E-state index in [0.29, 0.717) is 0 Å². The number of para-hydroxylation sites is 1. The summed E-state index contributed by atoms with van der Waals surface area (Å²) in [7, 11) is 0. The molecule has 108 valence electrons. The standard InChI is InChI=1S/C22H14O/c1-2-10-17-16(9-1)18-11-3-4-13-20(18)23-21-14-6-8-15-7-5-12-19(17)22(15)21/h1-14H. The zero-order valence-corrected chi connectivity index (χ0v) is 12.5. The first kappa shape index (κ1) is 12.5. The van der Waals surface area contributed by atoms with E-state index in [0.717, 1.165) is 17.1 Å². The maximum absolute atomic E-state index is 6.31. The third-order valence-electron chi connectivity index (χ3n) is 4.48. The van der Waals surface area contributed by atoms with Gasteiger partial charge in [0.25, 0.3) is 0 Å². The first-order valence-electron chi connectivity index (χ1n) is 7.80. The molecule has 0 amide bonds. The second-order valence-electron chi connectivity index (χ2n) is 5.80. The highest BCUT2D eigenvalue weighted by atomic mass is 16.5. The lowest BCUT2D eigenvalue weighted by molar-refractivity contribution is 0.490. The Bertz CT molecular complexity index is 1040. The van der Waals surface area contributed by atoms with Gasteiger partial charge in [-0.25, -0.2) is 0 Å². The van der Waals surface area contributed by atoms with Crippen molar-refractivity contribution >= 4 is 10.8 Å². The van der Waals surface area contributed by atoms with Crippen LogP contribution in [-0.2, 0) is 0 Å². The van der Waals surface area contributed by atoms with Gasteiger partial charge in [0.1, 0.15) is 11.5 Å². The largest absolute Gasteiger partial charge is 0.456 e. The number of hydrogen-bond acceptors (Lipinski definition) is 1. The van der Waals surface area contributed by atoms with Crippen LogP contribution in [0.3, 0.4) is 0 Å². The number of benzene rings is 4. The van der Waals surface area contributed by atoms with Crippen LogP contribution in [0, 0.1) is 0 Å². The SMILES string of the molecule is c1ccc2c(c1)Oc1cccc3cccc(c13)-c1ccccc1-2. The molecule has 0 fully saturated rings. The molecular formula is C22H14O. The fraction of sp³-hybridized carbons (Fsp3) is 0. The topological polar surface area (TPSA) is 9.23 Å². The van der Waals surface area contributed by atoms with Gasteiger partial charge in [-0.1, -0.05) is 72.8 Å². The van der Waals surface area contributed by atoms with Gasteiger partial charge in [-0.15, -0.1) is 0 Å². The second kappa shape index (κ2) is 4.72. The van der Waals surface area contributed by atoms with Crippen molar-refractivity contribution < 1.29 is 4.74 Å². The normalized spacial score (nSPS) is 11.8. The summed E-state index contributed by atoms with van der Waals surface area (Å²) in [6.07, 6.45) is 0. The van der Waals surface area contributed by atoms with Crippen molar-refractivity contribution in [1.29, 1.82) is 0 Å². The highest BCUT2D eigenvalue weighted by Gasteiger charge is 2.19. The lowest BCUT2D eigenvalue weighted by Gasteiger charge is -2.21. The van der Waals surface area contributed by atoms with Crippen LogP contribution < -0.4 is 4.74 Å². The van der Waals surface area contributed by atoms with Gasteiger partial charge in [0.2, 0.25) is 0 Å². The summed E-state index contributed by atoms with van der Waals surface area (Å²) < 4.78 is 6.31. The molecule has 0 spiro atoms. The highest BCUT2D eigenvalue weighted by Crippen LogP contribution is 2.46. The summed E-state index contributed by atoms with van der Waals surface area (Å²) in [6.45, 7) is 0. The van der Waals surface area contributed by atoms with Crippen molar-refractivity contribution in [3.05, 3.63) is 84.9 Å². The van der Waals surface area contributed by atoms with Crippen LogP contribution in [0.4, 0.5) is 0 Å². The lowest BCUT2D eigenvalue weighted by atomic mass is 9.90. The van der Waals surface area contributed by atoms with Gasteiger partial charge in [-0.2, -0.15) is 0 Å². The predicted octanol–water partition coefficient (Wildman–Crippen LogP) is 6.28. The molecular weight excluding hydrogens is 280 g/mol. The Kier molecular flexibility index (Phi) is 2.56. The minimum absolute atomic E-state index is 0.905. The fourth-order valence-corrected chi connectivity index (χ4v) is 3.47. The van der Waals surface area contributed by atoms with Crippen LogP contribution >= 0.6 is 0 Å². The molecule has 4 aromatic rings. The van der Waals surface area contributed by atoms with Crippen LogP contribution in [0.5, 0.6) is 11.5 Å². The molecule has 1 nitrogen and oxygen atoms in total. The average molecular weight is 294 g/mol. The molecule has 1 aliphatic heterocycles. The quantitative estimate of drug-likeness (QED) is 0.326. The molecule has 1 heteroatoms. The van der Waals surface area contributed by atoms with E-state index in [4.69, 9.17) is 4.74 Å². The summed E-state index contributed by atoms with van der Waals surface area (Å²) in [5.74, 6) is 1.82. The molecule has 0 aromatic heterocycles.